The fraction of sp³-hybridized carbons (Fsp3) is 0.559. The molecule has 1 rings (SSSR count). The highest BCUT2D eigenvalue weighted by molar-refractivity contribution is 5.83. The fourth-order valence-electron chi connectivity index (χ4n) is 3.94. The Balaban J connectivity index is 2.52. The van der Waals surface area contributed by atoms with E-state index in [0.717, 1.165) is 34.6 Å². The number of hydrogen-bond donors (Lipinski definition) is 0. The molecule has 5 nitrogen and oxygen atoms in total. The third kappa shape index (κ3) is 15.3. The van der Waals surface area contributed by atoms with Crippen LogP contribution in [-0.2, 0) is 9.53 Å². The zero-order valence-corrected chi connectivity index (χ0v) is 25.8. The first-order valence-electron chi connectivity index (χ1n) is 14.3. The number of benzene rings is 1. The maximum atomic E-state index is 12.2. The molecule has 0 aliphatic rings. The van der Waals surface area contributed by atoms with Crippen LogP contribution in [0, 0.1) is 23.2 Å². The lowest BCUT2D eigenvalue weighted by atomic mass is 9.83. The van der Waals surface area contributed by atoms with Gasteiger partial charge in [0.1, 0.15) is 19.0 Å². The third-order valence-electron chi connectivity index (χ3n) is 6.63. The molecule has 216 valence electrons. The number of nitrogens with zero attached hydrogens (tertiary/aromatic N) is 1. The minimum Gasteiger partial charge on any atom is -0.491 e. The van der Waals surface area contributed by atoms with Gasteiger partial charge in [-0.05, 0) is 73.6 Å². The second-order valence-electron chi connectivity index (χ2n) is 12.1. The second kappa shape index (κ2) is 17.6. The molecule has 0 amide bonds. The summed E-state index contributed by atoms with van der Waals surface area (Å²) in [5.74, 6) is 1.34. The first-order valence-corrected chi connectivity index (χ1v) is 14.3. The number of hydrogen-bond acceptors (Lipinski definition) is 5. The van der Waals surface area contributed by atoms with E-state index in [-0.39, 0.29) is 13.2 Å². The zero-order chi connectivity index (χ0) is 29.4. The molecule has 0 unspecified atom stereocenters. The molecular weight excluding hydrogens is 486 g/mol. The number of allylic oxidation sites excluding steroid dienone is 7. The molecule has 39 heavy (non-hydrogen) atoms. The smallest absolute Gasteiger partial charge is 0.331 e. The van der Waals surface area contributed by atoms with Crippen molar-refractivity contribution in [1.82, 2.24) is 0 Å². The molecule has 0 saturated carbocycles. The number of carbonyl (C=O) groups is 1. The van der Waals surface area contributed by atoms with Crippen molar-refractivity contribution in [3.8, 4) is 5.75 Å². The van der Waals surface area contributed by atoms with Crippen molar-refractivity contribution in [2.24, 2.45) is 16.5 Å². The van der Waals surface area contributed by atoms with Crippen LogP contribution in [0.25, 0.3) is 0 Å². The average molecular weight is 538 g/mol. The van der Waals surface area contributed by atoms with Crippen molar-refractivity contribution in [2.75, 3.05) is 13.2 Å². The summed E-state index contributed by atoms with van der Waals surface area (Å²) >= 11 is 0. The summed E-state index contributed by atoms with van der Waals surface area (Å²) in [4.78, 5) is 23.5. The molecule has 0 bridgehead atoms. The van der Waals surface area contributed by atoms with Crippen molar-refractivity contribution >= 4 is 5.97 Å². The Morgan fingerprint density at radius 1 is 1.05 bits per heavy atom. The van der Waals surface area contributed by atoms with Crippen molar-refractivity contribution in [3.05, 3.63) is 81.8 Å². The van der Waals surface area contributed by atoms with Crippen LogP contribution in [-0.4, -0.2) is 25.2 Å². The van der Waals surface area contributed by atoms with E-state index in [9.17, 15) is 9.70 Å². The van der Waals surface area contributed by atoms with Crippen LogP contribution in [0.5, 0.6) is 5.75 Å². The Hall–Kier alpha value is -2.95. The number of carbonyl (C=O) groups excluding carboxylic acids is 1. The molecule has 5 heteroatoms. The molecule has 0 aliphatic carbocycles. The molecule has 0 saturated heterocycles. The van der Waals surface area contributed by atoms with Crippen LogP contribution in [0.1, 0.15) is 98.1 Å². The van der Waals surface area contributed by atoms with Crippen LogP contribution < -0.4 is 4.74 Å². The molecule has 0 aliphatic heterocycles. The van der Waals surface area contributed by atoms with Gasteiger partial charge >= 0.3 is 5.97 Å². The minimum absolute atomic E-state index is 0.0501. The topological polar surface area (TPSA) is 65.0 Å². The molecule has 0 aromatic heterocycles. The Morgan fingerprint density at radius 2 is 1.77 bits per heavy atom. The van der Waals surface area contributed by atoms with Gasteiger partial charge in [-0.15, -0.1) is 0 Å². The predicted molar refractivity (Wildman–Crippen MR) is 164 cm³/mol. The van der Waals surface area contributed by atoms with Gasteiger partial charge in [0.05, 0.1) is 0 Å². The second-order valence-corrected chi connectivity index (χ2v) is 12.1. The predicted octanol–water partition coefficient (Wildman–Crippen LogP) is 9.42. The van der Waals surface area contributed by atoms with Gasteiger partial charge < -0.3 is 9.47 Å². The van der Waals surface area contributed by atoms with Gasteiger partial charge in [0.25, 0.3) is 0 Å². The molecule has 1 aromatic rings. The molecule has 1 aromatic carbocycles. The Bertz CT molecular complexity index is 1030. The summed E-state index contributed by atoms with van der Waals surface area (Å²) in [6.07, 6.45) is 16.5. The van der Waals surface area contributed by atoms with Gasteiger partial charge in [-0.2, -0.15) is 4.91 Å². The Morgan fingerprint density at radius 3 is 2.41 bits per heavy atom. The van der Waals surface area contributed by atoms with Gasteiger partial charge in [0, 0.05) is 6.08 Å². The van der Waals surface area contributed by atoms with E-state index in [4.69, 9.17) is 9.47 Å². The van der Waals surface area contributed by atoms with Gasteiger partial charge in [0.15, 0.2) is 6.04 Å². The molecule has 0 spiro atoms. The van der Waals surface area contributed by atoms with Crippen LogP contribution in [0.3, 0.4) is 0 Å². The lowest BCUT2D eigenvalue weighted by Crippen LogP contribution is -2.23. The Kier molecular flexibility index (Phi) is 15.4. The molecule has 0 fully saturated rings. The Labute approximate surface area is 237 Å². The van der Waals surface area contributed by atoms with Gasteiger partial charge in [-0.25, -0.2) is 4.79 Å². The minimum atomic E-state index is -0.780. The molecule has 0 heterocycles. The standard InChI is InChI=1S/C34H51NO4/c1-25(2)13-11-19-34(8,9)20-12-16-27(5)14-10-15-28(6)21-33(36)39-24-31(35-37)23-38-32-22-30(26(3)4)18-17-29(32)7/h10,12,14-18,21-22,25-26,31H,11,13,19-20,23-24H2,1-9H3/b15-10+,16-12+,27-14+,28-21+/t31-/m1/s1. The normalized spacial score (nSPS) is 14.0. The first-order chi connectivity index (χ1) is 18.3. The molecule has 0 N–H and O–H groups in total. The van der Waals surface area contributed by atoms with Gasteiger partial charge in [0.2, 0.25) is 0 Å². The van der Waals surface area contributed by atoms with Crippen molar-refractivity contribution in [2.45, 2.75) is 100.0 Å². The van der Waals surface area contributed by atoms with E-state index in [1.807, 2.05) is 44.2 Å². The highest BCUT2D eigenvalue weighted by Gasteiger charge is 2.16. The summed E-state index contributed by atoms with van der Waals surface area (Å²) in [5.41, 5.74) is 4.35. The van der Waals surface area contributed by atoms with E-state index >= 15 is 0 Å². The monoisotopic (exact) mass is 537 g/mol. The molecule has 0 radical (unpaired) electrons. The fourth-order valence-corrected chi connectivity index (χ4v) is 3.94. The largest absolute Gasteiger partial charge is 0.491 e. The lowest BCUT2D eigenvalue weighted by Gasteiger charge is -2.23. The third-order valence-corrected chi connectivity index (χ3v) is 6.63. The first kappa shape index (κ1) is 34.1. The lowest BCUT2D eigenvalue weighted by molar-refractivity contribution is -0.138. The maximum Gasteiger partial charge on any atom is 0.331 e. The number of nitroso groups, excluding NO2 is 1. The van der Waals surface area contributed by atoms with Crippen LogP contribution in [0.15, 0.2) is 71.0 Å². The summed E-state index contributed by atoms with van der Waals surface area (Å²) in [6.45, 7) is 19.2. The van der Waals surface area contributed by atoms with E-state index in [1.54, 1.807) is 0 Å². The van der Waals surface area contributed by atoms with Crippen LogP contribution in [0.4, 0.5) is 0 Å². The summed E-state index contributed by atoms with van der Waals surface area (Å²) < 4.78 is 11.1. The number of aryl methyl sites for hydroxylation is 1. The maximum absolute atomic E-state index is 12.2. The number of rotatable bonds is 17. The van der Waals surface area contributed by atoms with Gasteiger partial charge in [-0.3, -0.25) is 0 Å². The highest BCUT2D eigenvalue weighted by Crippen LogP contribution is 2.29. The van der Waals surface area contributed by atoms with E-state index < -0.39 is 12.0 Å². The van der Waals surface area contributed by atoms with Crippen molar-refractivity contribution in [1.29, 1.82) is 0 Å². The quantitative estimate of drug-likeness (QED) is 0.0859. The van der Waals surface area contributed by atoms with Crippen LogP contribution >= 0.6 is 0 Å². The summed E-state index contributed by atoms with van der Waals surface area (Å²) in [5, 5.41) is 3.07. The van der Waals surface area contributed by atoms with E-state index in [2.05, 4.69) is 71.9 Å². The summed E-state index contributed by atoms with van der Waals surface area (Å²) in [7, 11) is 0. The zero-order valence-electron chi connectivity index (χ0n) is 25.8. The summed E-state index contributed by atoms with van der Waals surface area (Å²) in [6, 6.07) is 5.27. The average Bonchev–Trinajstić information content (AvgIpc) is 2.84. The molecular formula is C34H51NO4. The molecule has 1 atom stereocenters. The van der Waals surface area contributed by atoms with E-state index in [0.29, 0.717) is 17.1 Å². The van der Waals surface area contributed by atoms with Gasteiger partial charge in [-0.1, -0.05) is 108 Å². The SMILES string of the molecule is CC(/C=C/CC(C)(C)CCCC(C)C)=C\C=C\C(C)=C\C(=O)OC[C@@H](COc1cc(C(C)C)ccc1C)N=O. The van der Waals surface area contributed by atoms with Crippen LogP contribution in [0.2, 0.25) is 0 Å². The number of ether oxygens (including phenoxy) is 2. The van der Waals surface area contributed by atoms with E-state index in [1.165, 1.54) is 25.3 Å². The van der Waals surface area contributed by atoms with Crippen molar-refractivity contribution in [3.63, 3.8) is 0 Å². The highest BCUT2D eigenvalue weighted by atomic mass is 16.5. The van der Waals surface area contributed by atoms with Crippen molar-refractivity contribution < 1.29 is 14.3 Å². The number of esters is 1.